The van der Waals surface area contributed by atoms with Crippen LogP contribution in [-0.2, 0) is 0 Å². The number of fused-ring (bicyclic) bond motifs is 16. The molecule has 5 nitrogen and oxygen atoms in total. The first-order valence-corrected chi connectivity index (χ1v) is 19.2. The molecule has 0 fully saturated rings. The minimum Gasteiger partial charge on any atom is -0.457 e. The van der Waals surface area contributed by atoms with E-state index in [2.05, 4.69) is 176 Å². The van der Waals surface area contributed by atoms with Gasteiger partial charge < -0.3 is 4.74 Å². The average molecular weight is 711 g/mol. The first-order valence-electron chi connectivity index (χ1n) is 19.2. The highest BCUT2D eigenvalue weighted by molar-refractivity contribution is 6.18. The van der Waals surface area contributed by atoms with E-state index in [0.29, 0.717) is 11.8 Å². The number of aromatic nitrogens is 4. The van der Waals surface area contributed by atoms with Crippen LogP contribution in [0.2, 0.25) is 0 Å². The predicted octanol–water partition coefficient (Wildman–Crippen LogP) is 13.6. The molecule has 0 aliphatic heterocycles. The van der Waals surface area contributed by atoms with Gasteiger partial charge in [0, 0.05) is 27.1 Å². The largest absolute Gasteiger partial charge is 0.457 e. The molecule has 0 atom stereocenters. The number of para-hydroxylation sites is 6. The number of rotatable bonds is 5. The zero-order valence-electron chi connectivity index (χ0n) is 31.2. The van der Waals surface area contributed by atoms with Crippen LogP contribution >= 0.6 is 0 Å². The molecule has 0 radical (unpaired) electrons. The Morgan fingerprint density at radius 1 is 0.436 bits per heavy atom. The molecule has 0 spiro atoms. The van der Waals surface area contributed by atoms with E-state index in [4.69, 9.17) is 14.7 Å². The minimum atomic E-state index is 0.372. The summed E-state index contributed by atoms with van der Waals surface area (Å²) in [6.07, 6.45) is 0. The highest BCUT2D eigenvalue weighted by atomic mass is 16.5. The molecule has 0 N–H and O–H groups in total. The van der Waals surface area contributed by atoms with Crippen LogP contribution in [0.5, 0.6) is 11.5 Å². The van der Waals surface area contributed by atoms with Crippen molar-refractivity contribution in [2.75, 3.05) is 0 Å². The lowest BCUT2D eigenvalue weighted by Gasteiger charge is -2.22. The number of pyridine rings is 2. The molecule has 264 valence electrons. The van der Waals surface area contributed by atoms with Gasteiger partial charge in [0.25, 0.3) is 0 Å². The fourth-order valence-corrected chi connectivity index (χ4v) is 8.99. The highest BCUT2D eigenvalue weighted by Crippen LogP contribution is 2.44. The van der Waals surface area contributed by atoms with Gasteiger partial charge in [-0.2, -0.15) is 0 Å². The predicted molar refractivity (Wildman–Crippen MR) is 229 cm³/mol. The van der Waals surface area contributed by atoms with E-state index in [0.717, 1.165) is 71.9 Å². The number of nitrogens with zero attached hydrogens (tertiary/aromatic N) is 4. The van der Waals surface area contributed by atoms with Crippen LogP contribution in [0.1, 0.15) is 50.7 Å². The molecule has 0 unspecified atom stereocenters. The SMILES string of the molecule is CC(C)c1cccc(C(C)C)c1-c1cccc2c3ccc(Oc4ccc5c6ccccc6n6c7ccccc7nc6c5c4)cc3c3nc4ccccc4n3c12. The van der Waals surface area contributed by atoms with E-state index < -0.39 is 0 Å². The van der Waals surface area contributed by atoms with Crippen molar-refractivity contribution >= 4 is 76.7 Å². The van der Waals surface area contributed by atoms with Gasteiger partial charge in [-0.1, -0.05) is 107 Å². The molecular formula is C50H38N4O. The lowest BCUT2D eigenvalue weighted by Crippen LogP contribution is -2.02. The maximum absolute atomic E-state index is 6.77. The van der Waals surface area contributed by atoms with Crippen molar-refractivity contribution in [2.24, 2.45) is 0 Å². The average Bonchev–Trinajstić information content (AvgIpc) is 3.80. The summed E-state index contributed by atoms with van der Waals surface area (Å²) in [5.41, 5.74) is 13.6. The van der Waals surface area contributed by atoms with Gasteiger partial charge in [-0.3, -0.25) is 8.80 Å². The van der Waals surface area contributed by atoms with Crippen LogP contribution in [0, 0.1) is 0 Å². The first-order chi connectivity index (χ1) is 26.9. The van der Waals surface area contributed by atoms with Gasteiger partial charge in [0.15, 0.2) is 0 Å². The first kappa shape index (κ1) is 31.8. The van der Waals surface area contributed by atoms with E-state index in [1.165, 1.54) is 38.5 Å². The summed E-state index contributed by atoms with van der Waals surface area (Å²) < 4.78 is 11.4. The van der Waals surface area contributed by atoms with Gasteiger partial charge >= 0.3 is 0 Å². The van der Waals surface area contributed by atoms with Gasteiger partial charge in [0.05, 0.1) is 33.1 Å². The normalized spacial score (nSPS) is 12.3. The summed E-state index contributed by atoms with van der Waals surface area (Å²) >= 11 is 0. The lowest BCUT2D eigenvalue weighted by molar-refractivity contribution is 0.484. The third-order valence-corrected chi connectivity index (χ3v) is 11.4. The maximum Gasteiger partial charge on any atom is 0.146 e. The number of hydrogen-bond acceptors (Lipinski definition) is 3. The van der Waals surface area contributed by atoms with Crippen LogP contribution in [0.15, 0.2) is 146 Å². The topological polar surface area (TPSA) is 43.8 Å². The molecule has 0 saturated carbocycles. The van der Waals surface area contributed by atoms with E-state index in [9.17, 15) is 0 Å². The van der Waals surface area contributed by atoms with E-state index in [1.54, 1.807) is 0 Å². The van der Waals surface area contributed by atoms with Gasteiger partial charge in [-0.05, 0) is 106 Å². The summed E-state index contributed by atoms with van der Waals surface area (Å²) in [7, 11) is 0. The quantitative estimate of drug-likeness (QED) is 0.167. The Kier molecular flexibility index (Phi) is 6.87. The number of imidazole rings is 2. The molecule has 7 aromatic carbocycles. The zero-order valence-corrected chi connectivity index (χ0v) is 31.2. The van der Waals surface area contributed by atoms with Crippen LogP contribution in [0.3, 0.4) is 0 Å². The number of hydrogen-bond donors (Lipinski definition) is 0. The molecule has 5 heteroatoms. The van der Waals surface area contributed by atoms with Crippen LogP contribution in [0.25, 0.3) is 87.8 Å². The van der Waals surface area contributed by atoms with Gasteiger partial charge in [0.1, 0.15) is 22.8 Å². The molecule has 4 aromatic heterocycles. The zero-order chi connectivity index (χ0) is 36.9. The fourth-order valence-electron chi connectivity index (χ4n) is 8.99. The van der Waals surface area contributed by atoms with Crippen LogP contribution in [-0.4, -0.2) is 18.8 Å². The fraction of sp³-hybridized carbons (Fsp3) is 0.120. The Bertz CT molecular complexity index is 3340. The van der Waals surface area contributed by atoms with E-state index in [1.807, 2.05) is 6.07 Å². The van der Waals surface area contributed by atoms with Crippen LogP contribution < -0.4 is 4.74 Å². The molecule has 4 heterocycles. The molecule has 11 aromatic rings. The summed E-state index contributed by atoms with van der Waals surface area (Å²) in [4.78, 5) is 10.4. The molecule has 0 aliphatic carbocycles. The monoisotopic (exact) mass is 710 g/mol. The van der Waals surface area contributed by atoms with Crippen LogP contribution in [0.4, 0.5) is 0 Å². The van der Waals surface area contributed by atoms with Crippen molar-refractivity contribution in [3.8, 4) is 22.6 Å². The Morgan fingerprint density at radius 3 is 1.58 bits per heavy atom. The molecule has 0 saturated heterocycles. The van der Waals surface area contributed by atoms with E-state index in [-0.39, 0.29) is 0 Å². The van der Waals surface area contributed by atoms with Gasteiger partial charge in [0.2, 0.25) is 0 Å². The Labute approximate surface area is 318 Å². The van der Waals surface area contributed by atoms with Crippen molar-refractivity contribution in [3.05, 3.63) is 157 Å². The standard InChI is InChI=1S/C50H38N4O/c1-29(2)33-14-11-15-34(30(3)4)47(33)39-17-12-16-38-36-26-24-32(28-41(36)50-52-43-19-7-10-22-46(43)54(50)48(38)39)55-31-23-25-35-37-13-5-8-20-44(37)53-45-21-9-6-18-42(45)51-49(53)40(35)27-31/h5-30H,1-4H3. The summed E-state index contributed by atoms with van der Waals surface area (Å²) in [5.74, 6) is 2.26. The second kappa shape index (κ2) is 11.9. The Balaban J connectivity index is 1.14. The third-order valence-electron chi connectivity index (χ3n) is 11.4. The summed E-state index contributed by atoms with van der Waals surface area (Å²) in [5, 5.41) is 6.77. The lowest BCUT2D eigenvalue weighted by atomic mass is 9.84. The maximum atomic E-state index is 6.77. The molecule has 0 amide bonds. The van der Waals surface area contributed by atoms with Gasteiger partial charge in [-0.15, -0.1) is 0 Å². The molecule has 0 bridgehead atoms. The molecular weight excluding hydrogens is 673 g/mol. The summed E-state index contributed by atoms with van der Waals surface area (Å²) in [6, 6.07) is 51.8. The van der Waals surface area contributed by atoms with Crippen molar-refractivity contribution < 1.29 is 4.74 Å². The second-order valence-corrected chi connectivity index (χ2v) is 15.4. The van der Waals surface area contributed by atoms with Gasteiger partial charge in [-0.25, -0.2) is 9.97 Å². The third kappa shape index (κ3) is 4.66. The van der Waals surface area contributed by atoms with Crippen molar-refractivity contribution in [1.29, 1.82) is 0 Å². The van der Waals surface area contributed by atoms with E-state index >= 15 is 0 Å². The highest BCUT2D eigenvalue weighted by Gasteiger charge is 2.22. The number of benzene rings is 7. The summed E-state index contributed by atoms with van der Waals surface area (Å²) in [6.45, 7) is 9.19. The van der Waals surface area contributed by atoms with Crippen molar-refractivity contribution in [2.45, 2.75) is 39.5 Å². The minimum absolute atomic E-state index is 0.372. The second-order valence-electron chi connectivity index (χ2n) is 15.4. The molecule has 55 heavy (non-hydrogen) atoms. The van der Waals surface area contributed by atoms with Crippen molar-refractivity contribution in [1.82, 2.24) is 18.8 Å². The Hall–Kier alpha value is -6.72. The number of ether oxygens (including phenoxy) is 1. The molecule has 11 rings (SSSR count). The molecule has 0 aliphatic rings. The van der Waals surface area contributed by atoms with Crippen molar-refractivity contribution in [3.63, 3.8) is 0 Å². The Morgan fingerprint density at radius 2 is 0.945 bits per heavy atom. The smallest absolute Gasteiger partial charge is 0.146 e.